The van der Waals surface area contributed by atoms with Gasteiger partial charge in [0.15, 0.2) is 24.1 Å². The molecule has 0 bridgehead atoms. The highest BCUT2D eigenvalue weighted by atomic mass is 16.5. The number of benzene rings is 1. The molecule has 0 saturated heterocycles. The van der Waals surface area contributed by atoms with Crippen molar-refractivity contribution in [3.63, 3.8) is 0 Å². The fraction of sp³-hybridized carbons (Fsp3) is 0.176. The molecule has 3 rings (SSSR count). The molecule has 0 radical (unpaired) electrons. The Balaban J connectivity index is 1.50. The van der Waals surface area contributed by atoms with E-state index in [0.717, 1.165) is 5.56 Å². The maximum absolute atomic E-state index is 11.9. The van der Waals surface area contributed by atoms with Crippen molar-refractivity contribution >= 4 is 23.4 Å². The Kier molecular flexibility index (Phi) is 4.89. The van der Waals surface area contributed by atoms with Crippen LogP contribution in [0.25, 0.3) is 0 Å². The zero-order valence-corrected chi connectivity index (χ0v) is 13.8. The summed E-state index contributed by atoms with van der Waals surface area (Å²) >= 11 is 0. The Morgan fingerprint density at radius 2 is 1.76 bits per heavy atom. The van der Waals surface area contributed by atoms with Crippen LogP contribution in [0.1, 0.15) is 11.3 Å². The molecule has 0 atom stereocenters. The van der Waals surface area contributed by atoms with Crippen molar-refractivity contribution in [3.8, 4) is 5.75 Å². The van der Waals surface area contributed by atoms with Crippen LogP contribution in [-0.2, 0) is 4.79 Å². The molecule has 1 amide bonds. The normalized spacial score (nSPS) is 10.3. The van der Waals surface area contributed by atoms with E-state index in [-0.39, 0.29) is 12.5 Å². The Morgan fingerprint density at radius 1 is 1.04 bits per heavy atom. The van der Waals surface area contributed by atoms with E-state index in [1.807, 2.05) is 31.2 Å². The Hall–Kier alpha value is -3.42. The molecule has 0 aliphatic carbocycles. The van der Waals surface area contributed by atoms with E-state index in [4.69, 9.17) is 9.26 Å². The number of ether oxygens (including phenoxy) is 1. The fourth-order valence-electron chi connectivity index (χ4n) is 1.98. The van der Waals surface area contributed by atoms with Crippen molar-refractivity contribution in [3.05, 3.63) is 53.8 Å². The lowest BCUT2D eigenvalue weighted by Gasteiger charge is -2.07. The highest BCUT2D eigenvalue weighted by Crippen LogP contribution is 2.15. The van der Waals surface area contributed by atoms with E-state index >= 15 is 0 Å². The van der Waals surface area contributed by atoms with Gasteiger partial charge in [-0.15, -0.1) is 10.2 Å². The van der Waals surface area contributed by atoms with Crippen molar-refractivity contribution < 1.29 is 14.1 Å². The van der Waals surface area contributed by atoms with Crippen molar-refractivity contribution in [1.82, 2.24) is 15.4 Å². The van der Waals surface area contributed by atoms with E-state index in [0.29, 0.717) is 29.0 Å². The molecule has 8 nitrogen and oxygen atoms in total. The van der Waals surface area contributed by atoms with E-state index in [2.05, 4.69) is 26.0 Å². The second-order valence-corrected chi connectivity index (χ2v) is 5.40. The number of carbonyl (C=O) groups excluding carboxylic acids is 1. The number of nitrogens with zero attached hydrogens (tertiary/aromatic N) is 3. The van der Waals surface area contributed by atoms with Gasteiger partial charge in [-0.3, -0.25) is 4.79 Å². The van der Waals surface area contributed by atoms with Crippen LogP contribution < -0.4 is 15.4 Å². The number of aromatic nitrogens is 3. The average Bonchev–Trinajstić information content (AvgIpc) is 3.01. The van der Waals surface area contributed by atoms with Gasteiger partial charge in [-0.05, 0) is 38.1 Å². The molecule has 25 heavy (non-hydrogen) atoms. The zero-order valence-electron chi connectivity index (χ0n) is 13.8. The van der Waals surface area contributed by atoms with Crippen molar-refractivity contribution in [1.29, 1.82) is 0 Å². The SMILES string of the molecule is Cc1ccc(OCC(=O)Nc2ccc(Nc3cc(C)on3)nn2)cc1. The van der Waals surface area contributed by atoms with Gasteiger partial charge in [-0.1, -0.05) is 22.9 Å². The number of aryl methyl sites for hydroxylation is 2. The number of hydrogen-bond donors (Lipinski definition) is 2. The maximum atomic E-state index is 11.9. The van der Waals surface area contributed by atoms with Crippen LogP contribution in [0.3, 0.4) is 0 Å². The largest absolute Gasteiger partial charge is 0.484 e. The van der Waals surface area contributed by atoms with Crippen LogP contribution >= 0.6 is 0 Å². The third-order valence-electron chi connectivity index (χ3n) is 3.21. The quantitative estimate of drug-likeness (QED) is 0.712. The summed E-state index contributed by atoms with van der Waals surface area (Å²) in [7, 11) is 0. The van der Waals surface area contributed by atoms with Gasteiger partial charge in [-0.2, -0.15) is 0 Å². The summed E-state index contributed by atoms with van der Waals surface area (Å²) in [6.07, 6.45) is 0. The van der Waals surface area contributed by atoms with Gasteiger partial charge in [0, 0.05) is 6.07 Å². The molecule has 0 fully saturated rings. The fourth-order valence-corrected chi connectivity index (χ4v) is 1.98. The minimum atomic E-state index is -0.317. The van der Waals surface area contributed by atoms with Crippen LogP contribution in [0.2, 0.25) is 0 Å². The first-order valence-corrected chi connectivity index (χ1v) is 7.62. The second kappa shape index (κ2) is 7.43. The van der Waals surface area contributed by atoms with Crippen LogP contribution in [0.15, 0.2) is 47.0 Å². The summed E-state index contributed by atoms with van der Waals surface area (Å²) in [6.45, 7) is 3.67. The summed E-state index contributed by atoms with van der Waals surface area (Å²) in [5.74, 6) is 2.36. The number of rotatable bonds is 6. The number of amides is 1. The molecule has 0 aliphatic heterocycles. The van der Waals surface area contributed by atoms with E-state index in [1.54, 1.807) is 25.1 Å². The highest BCUT2D eigenvalue weighted by Gasteiger charge is 2.07. The molecule has 2 N–H and O–H groups in total. The third-order valence-corrected chi connectivity index (χ3v) is 3.21. The van der Waals surface area contributed by atoms with Crippen molar-refractivity contribution in [2.45, 2.75) is 13.8 Å². The maximum Gasteiger partial charge on any atom is 0.263 e. The second-order valence-electron chi connectivity index (χ2n) is 5.40. The Labute approximate surface area is 144 Å². The van der Waals surface area contributed by atoms with Gasteiger partial charge in [0.05, 0.1) is 0 Å². The predicted octanol–water partition coefficient (Wildman–Crippen LogP) is 2.84. The number of carbonyl (C=O) groups is 1. The molecule has 0 saturated carbocycles. The Morgan fingerprint density at radius 3 is 2.40 bits per heavy atom. The van der Waals surface area contributed by atoms with Gasteiger partial charge < -0.3 is 19.9 Å². The van der Waals surface area contributed by atoms with Crippen LogP contribution in [-0.4, -0.2) is 27.9 Å². The molecular formula is C17H17N5O3. The molecule has 128 valence electrons. The van der Waals surface area contributed by atoms with Gasteiger partial charge in [0.2, 0.25) is 0 Å². The van der Waals surface area contributed by atoms with Gasteiger partial charge >= 0.3 is 0 Å². The molecule has 2 aromatic heterocycles. The van der Waals surface area contributed by atoms with Crippen molar-refractivity contribution in [2.24, 2.45) is 0 Å². The highest BCUT2D eigenvalue weighted by molar-refractivity contribution is 5.90. The van der Waals surface area contributed by atoms with Crippen LogP contribution in [0.5, 0.6) is 5.75 Å². The smallest absolute Gasteiger partial charge is 0.263 e. The summed E-state index contributed by atoms with van der Waals surface area (Å²) < 4.78 is 10.4. The predicted molar refractivity (Wildman–Crippen MR) is 91.9 cm³/mol. The van der Waals surface area contributed by atoms with E-state index in [9.17, 15) is 4.79 Å². The van der Waals surface area contributed by atoms with E-state index < -0.39 is 0 Å². The number of nitrogens with one attached hydrogen (secondary N) is 2. The van der Waals surface area contributed by atoms with Gasteiger partial charge in [0.25, 0.3) is 5.91 Å². The molecule has 1 aromatic carbocycles. The molecule has 0 aliphatic rings. The topological polar surface area (TPSA) is 102 Å². The lowest BCUT2D eigenvalue weighted by molar-refractivity contribution is -0.118. The molecule has 3 aromatic rings. The van der Waals surface area contributed by atoms with Crippen LogP contribution in [0, 0.1) is 13.8 Å². The first-order chi connectivity index (χ1) is 12.1. The zero-order chi connectivity index (χ0) is 17.6. The van der Waals surface area contributed by atoms with Gasteiger partial charge in [0.1, 0.15) is 11.5 Å². The Bertz CT molecular complexity index is 843. The van der Waals surface area contributed by atoms with Gasteiger partial charge in [-0.25, -0.2) is 0 Å². The van der Waals surface area contributed by atoms with Crippen molar-refractivity contribution in [2.75, 3.05) is 17.2 Å². The van der Waals surface area contributed by atoms with Crippen LogP contribution in [0.4, 0.5) is 17.5 Å². The summed E-state index contributed by atoms with van der Waals surface area (Å²) in [5.41, 5.74) is 1.13. The summed E-state index contributed by atoms with van der Waals surface area (Å²) in [5, 5.41) is 17.3. The number of anilines is 3. The monoisotopic (exact) mass is 339 g/mol. The minimum absolute atomic E-state index is 0.108. The lowest BCUT2D eigenvalue weighted by Crippen LogP contribution is -2.21. The van der Waals surface area contributed by atoms with E-state index in [1.165, 1.54) is 0 Å². The minimum Gasteiger partial charge on any atom is -0.484 e. The lowest BCUT2D eigenvalue weighted by atomic mass is 10.2. The first kappa shape index (κ1) is 16.4. The molecule has 0 unspecified atom stereocenters. The first-order valence-electron chi connectivity index (χ1n) is 7.62. The molecular weight excluding hydrogens is 322 g/mol. The summed E-state index contributed by atoms with van der Waals surface area (Å²) in [4.78, 5) is 11.9. The average molecular weight is 339 g/mol. The number of hydrogen-bond acceptors (Lipinski definition) is 7. The molecule has 2 heterocycles. The molecule has 0 spiro atoms. The third kappa shape index (κ3) is 4.77. The summed E-state index contributed by atoms with van der Waals surface area (Å²) in [6, 6.07) is 12.5. The molecule has 8 heteroatoms. The standard InChI is InChI=1S/C17H17N5O3/c1-11-3-5-13(6-4-11)24-10-17(23)19-15-8-7-14(20-21-15)18-16-9-12(2)25-22-16/h3-9H,10H2,1-2H3,(H,18,20,22)(H,19,21,23).